The highest BCUT2D eigenvalue weighted by Gasteiger charge is 2.22. The van der Waals surface area contributed by atoms with Crippen molar-refractivity contribution in [3.8, 4) is 0 Å². The number of benzene rings is 1. The predicted octanol–water partition coefficient (Wildman–Crippen LogP) is 3.35. The molecule has 0 amide bonds. The van der Waals surface area contributed by atoms with Crippen LogP contribution in [-0.4, -0.2) is 0 Å². The van der Waals surface area contributed by atoms with Gasteiger partial charge in [0.25, 0.3) is 0 Å². The zero-order valence-electron chi connectivity index (χ0n) is 10.1. The summed E-state index contributed by atoms with van der Waals surface area (Å²) in [6.07, 6.45) is 0. The van der Waals surface area contributed by atoms with E-state index in [1.165, 1.54) is 6.07 Å². The Balaban J connectivity index is 2.51. The second kappa shape index (κ2) is 5.22. The number of hydrazine groups is 1. The van der Waals surface area contributed by atoms with E-state index in [1.807, 2.05) is 19.9 Å². The third kappa shape index (κ3) is 2.48. The van der Waals surface area contributed by atoms with E-state index in [4.69, 9.17) is 10.3 Å². The van der Waals surface area contributed by atoms with Gasteiger partial charge in [0.15, 0.2) is 4.67 Å². The smallest absolute Gasteiger partial charge is 0.169 e. The molecule has 1 aromatic carbocycles. The molecule has 2 aromatic rings. The summed E-state index contributed by atoms with van der Waals surface area (Å²) in [7, 11) is 0. The summed E-state index contributed by atoms with van der Waals surface area (Å²) >= 11 is 3.22. The predicted molar refractivity (Wildman–Crippen MR) is 71.4 cm³/mol. The van der Waals surface area contributed by atoms with E-state index in [0.717, 1.165) is 11.1 Å². The lowest BCUT2D eigenvalue weighted by molar-refractivity contribution is 0.427. The van der Waals surface area contributed by atoms with Crippen molar-refractivity contribution < 1.29 is 8.81 Å². The van der Waals surface area contributed by atoms with Crippen LogP contribution in [0.15, 0.2) is 33.4 Å². The molecular weight excluding hydrogens is 299 g/mol. The van der Waals surface area contributed by atoms with Gasteiger partial charge in [-0.2, -0.15) is 0 Å². The Kier molecular flexibility index (Phi) is 3.85. The van der Waals surface area contributed by atoms with Gasteiger partial charge in [0.05, 0.1) is 0 Å². The van der Waals surface area contributed by atoms with Crippen LogP contribution in [-0.2, 0) is 0 Å². The summed E-state index contributed by atoms with van der Waals surface area (Å²) in [5, 5.41) is 0. The molecule has 0 bridgehead atoms. The minimum atomic E-state index is -0.503. The molecule has 5 heteroatoms. The molecule has 3 N–H and O–H groups in total. The number of aryl methyl sites for hydroxylation is 2. The Bertz CT molecular complexity index is 545. The van der Waals surface area contributed by atoms with Gasteiger partial charge in [-0.15, -0.1) is 0 Å². The molecule has 0 aliphatic carbocycles. The molecule has 96 valence electrons. The quantitative estimate of drug-likeness (QED) is 0.675. The summed E-state index contributed by atoms with van der Waals surface area (Å²) < 4.78 is 20.1. The number of nitrogens with one attached hydrogen (secondary N) is 1. The van der Waals surface area contributed by atoms with E-state index in [0.29, 0.717) is 16.0 Å². The molecule has 1 aromatic heterocycles. The highest BCUT2D eigenvalue weighted by molar-refractivity contribution is 9.10. The average Bonchev–Trinajstić information content (AvgIpc) is 2.69. The zero-order valence-corrected chi connectivity index (χ0v) is 11.7. The van der Waals surface area contributed by atoms with Crippen LogP contribution in [0.4, 0.5) is 4.39 Å². The SMILES string of the molecule is Cc1cc(C)c(C(NN)c2ccc(Br)o2)c(F)c1. The Morgan fingerprint density at radius 3 is 2.56 bits per heavy atom. The van der Waals surface area contributed by atoms with Gasteiger partial charge in [0, 0.05) is 5.56 Å². The molecule has 0 fully saturated rings. The van der Waals surface area contributed by atoms with Crippen molar-refractivity contribution in [2.45, 2.75) is 19.9 Å². The molecule has 3 nitrogen and oxygen atoms in total. The summed E-state index contributed by atoms with van der Waals surface area (Å²) in [6.45, 7) is 3.71. The maximum Gasteiger partial charge on any atom is 0.169 e. The summed E-state index contributed by atoms with van der Waals surface area (Å²) in [4.78, 5) is 0. The van der Waals surface area contributed by atoms with Gasteiger partial charge in [-0.05, 0) is 59.1 Å². The van der Waals surface area contributed by atoms with Crippen LogP contribution in [0, 0.1) is 19.7 Å². The van der Waals surface area contributed by atoms with Gasteiger partial charge in [-0.1, -0.05) is 6.07 Å². The Morgan fingerprint density at radius 2 is 2.06 bits per heavy atom. The van der Waals surface area contributed by atoms with Gasteiger partial charge in [0.1, 0.15) is 17.6 Å². The van der Waals surface area contributed by atoms with E-state index >= 15 is 0 Å². The molecule has 1 heterocycles. The monoisotopic (exact) mass is 312 g/mol. The molecule has 0 aliphatic heterocycles. The van der Waals surface area contributed by atoms with E-state index in [1.54, 1.807) is 12.1 Å². The second-order valence-corrected chi connectivity index (χ2v) is 5.00. The average molecular weight is 313 g/mol. The molecule has 1 unspecified atom stereocenters. The highest BCUT2D eigenvalue weighted by Crippen LogP contribution is 2.30. The van der Waals surface area contributed by atoms with Gasteiger partial charge >= 0.3 is 0 Å². The first-order chi connectivity index (χ1) is 8.52. The highest BCUT2D eigenvalue weighted by atomic mass is 79.9. The van der Waals surface area contributed by atoms with Crippen molar-refractivity contribution in [2.75, 3.05) is 0 Å². The van der Waals surface area contributed by atoms with E-state index in [9.17, 15) is 4.39 Å². The minimum Gasteiger partial charge on any atom is -0.452 e. The molecule has 18 heavy (non-hydrogen) atoms. The van der Waals surface area contributed by atoms with Crippen molar-refractivity contribution in [1.82, 2.24) is 5.43 Å². The number of rotatable bonds is 3. The standard InChI is InChI=1S/C13H14BrFN2O/c1-7-5-8(2)12(9(15)6-7)13(17-16)10-3-4-11(14)18-10/h3-6,13,17H,16H2,1-2H3. The van der Waals surface area contributed by atoms with Gasteiger partial charge < -0.3 is 4.42 Å². The number of hydrogen-bond acceptors (Lipinski definition) is 3. The fourth-order valence-electron chi connectivity index (χ4n) is 2.08. The Labute approximate surface area is 113 Å². The normalized spacial score (nSPS) is 12.7. The lowest BCUT2D eigenvalue weighted by Gasteiger charge is -2.17. The van der Waals surface area contributed by atoms with Crippen LogP contribution in [0.25, 0.3) is 0 Å². The minimum absolute atomic E-state index is 0.289. The molecular formula is C13H14BrFN2O. The van der Waals surface area contributed by atoms with Crippen molar-refractivity contribution in [2.24, 2.45) is 5.84 Å². The van der Waals surface area contributed by atoms with Crippen LogP contribution in [0.5, 0.6) is 0 Å². The molecule has 0 saturated carbocycles. The lowest BCUT2D eigenvalue weighted by atomic mass is 9.97. The van der Waals surface area contributed by atoms with Crippen molar-refractivity contribution in [1.29, 1.82) is 0 Å². The van der Waals surface area contributed by atoms with Gasteiger partial charge in [-0.25, -0.2) is 9.82 Å². The fraction of sp³-hybridized carbons (Fsp3) is 0.231. The van der Waals surface area contributed by atoms with E-state index < -0.39 is 6.04 Å². The number of furan rings is 1. The molecule has 2 rings (SSSR count). The van der Waals surface area contributed by atoms with Crippen LogP contribution < -0.4 is 11.3 Å². The van der Waals surface area contributed by atoms with Crippen LogP contribution >= 0.6 is 15.9 Å². The van der Waals surface area contributed by atoms with Gasteiger partial charge in [-0.3, -0.25) is 5.84 Å². The van der Waals surface area contributed by atoms with Crippen LogP contribution in [0.2, 0.25) is 0 Å². The molecule has 0 radical (unpaired) electrons. The Hall–Kier alpha value is -1.17. The topological polar surface area (TPSA) is 51.2 Å². The number of halogens is 2. The molecule has 0 saturated heterocycles. The zero-order chi connectivity index (χ0) is 13.3. The van der Waals surface area contributed by atoms with Crippen LogP contribution in [0.3, 0.4) is 0 Å². The maximum absolute atomic E-state index is 14.1. The summed E-state index contributed by atoms with van der Waals surface area (Å²) in [6, 6.07) is 6.41. The van der Waals surface area contributed by atoms with Crippen molar-refractivity contribution in [3.63, 3.8) is 0 Å². The Morgan fingerprint density at radius 1 is 1.33 bits per heavy atom. The summed E-state index contributed by atoms with van der Waals surface area (Å²) in [5.41, 5.74) is 4.81. The van der Waals surface area contributed by atoms with Crippen molar-refractivity contribution in [3.05, 3.63) is 57.2 Å². The number of nitrogens with two attached hydrogens (primary N) is 1. The van der Waals surface area contributed by atoms with E-state index in [-0.39, 0.29) is 5.82 Å². The maximum atomic E-state index is 14.1. The first kappa shape index (κ1) is 13.3. The lowest BCUT2D eigenvalue weighted by Crippen LogP contribution is -2.30. The fourth-order valence-corrected chi connectivity index (χ4v) is 2.40. The third-order valence-corrected chi connectivity index (χ3v) is 3.24. The molecule has 0 spiro atoms. The number of hydrogen-bond donors (Lipinski definition) is 2. The van der Waals surface area contributed by atoms with E-state index in [2.05, 4.69) is 21.4 Å². The largest absolute Gasteiger partial charge is 0.452 e. The molecule has 1 atom stereocenters. The molecule has 0 aliphatic rings. The third-order valence-electron chi connectivity index (χ3n) is 2.81. The first-order valence-electron chi connectivity index (χ1n) is 5.51. The first-order valence-corrected chi connectivity index (χ1v) is 6.30. The second-order valence-electron chi connectivity index (χ2n) is 4.22. The van der Waals surface area contributed by atoms with Crippen LogP contribution in [0.1, 0.15) is 28.5 Å². The summed E-state index contributed by atoms with van der Waals surface area (Å²) in [5.74, 6) is 5.81. The van der Waals surface area contributed by atoms with Crippen molar-refractivity contribution >= 4 is 15.9 Å². The van der Waals surface area contributed by atoms with Gasteiger partial charge in [0.2, 0.25) is 0 Å².